The first-order valence-corrected chi connectivity index (χ1v) is 11.0. The summed E-state index contributed by atoms with van der Waals surface area (Å²) in [6.45, 7) is 0. The zero-order chi connectivity index (χ0) is 23.3. The van der Waals surface area contributed by atoms with Crippen molar-refractivity contribution in [1.82, 2.24) is 0 Å². The van der Waals surface area contributed by atoms with Crippen LogP contribution in [0.3, 0.4) is 0 Å². The van der Waals surface area contributed by atoms with Crippen molar-refractivity contribution in [1.29, 1.82) is 0 Å². The Balaban J connectivity index is 1.82. The van der Waals surface area contributed by atoms with Crippen molar-refractivity contribution < 1.29 is 27.4 Å². The average Bonchev–Trinajstić information content (AvgIpc) is 2.83. The lowest BCUT2D eigenvalue weighted by Gasteiger charge is -2.21. The molecule has 0 aliphatic rings. The maximum Gasteiger partial charge on any atom is 0.264 e. The monoisotopic (exact) mass is 456 g/mol. The Morgan fingerprint density at radius 3 is 2.00 bits per heavy atom. The molecule has 0 spiro atoms. The van der Waals surface area contributed by atoms with E-state index in [0.29, 0.717) is 34.2 Å². The van der Waals surface area contributed by atoms with E-state index in [9.17, 15) is 13.2 Å². The predicted octanol–water partition coefficient (Wildman–Crippen LogP) is 3.79. The molecule has 0 heterocycles. The molecule has 1 N–H and O–H groups in total. The molecule has 8 nitrogen and oxygen atoms in total. The van der Waals surface area contributed by atoms with Crippen LogP contribution in [0.2, 0.25) is 0 Å². The predicted molar refractivity (Wildman–Crippen MR) is 123 cm³/mol. The molecule has 0 saturated heterocycles. The van der Waals surface area contributed by atoms with Gasteiger partial charge < -0.3 is 19.5 Å². The normalized spacial score (nSPS) is 10.9. The van der Waals surface area contributed by atoms with Crippen LogP contribution in [0.15, 0.2) is 71.6 Å². The molecule has 0 saturated carbocycles. The Labute approximate surface area is 187 Å². The maximum atomic E-state index is 13.1. The number of methoxy groups -OCH3 is 3. The van der Waals surface area contributed by atoms with Gasteiger partial charge in [-0.25, -0.2) is 8.42 Å². The minimum Gasteiger partial charge on any atom is -0.497 e. The molecular weight excluding hydrogens is 432 g/mol. The van der Waals surface area contributed by atoms with Gasteiger partial charge in [0.1, 0.15) is 17.2 Å². The highest BCUT2D eigenvalue weighted by Gasteiger charge is 2.24. The van der Waals surface area contributed by atoms with Crippen molar-refractivity contribution in [2.75, 3.05) is 38.0 Å². The minimum absolute atomic E-state index is 0.0468. The van der Waals surface area contributed by atoms with E-state index in [2.05, 4.69) is 5.32 Å². The Morgan fingerprint density at radius 1 is 0.844 bits per heavy atom. The standard InChI is InChI=1S/C23H24N2O6S/c1-25(21-7-5-6-8-22(21)31-4)32(27,28)20-11-9-16(10-12-20)23(26)24-17-13-18(29-2)15-19(14-17)30-3/h5-15H,1-4H3,(H,24,26). The van der Waals surface area contributed by atoms with E-state index in [1.807, 2.05) is 0 Å². The molecule has 3 rings (SSSR count). The molecule has 0 aromatic heterocycles. The highest BCUT2D eigenvalue weighted by Crippen LogP contribution is 2.31. The summed E-state index contributed by atoms with van der Waals surface area (Å²) < 4.78 is 42.9. The Kier molecular flexibility index (Phi) is 6.89. The summed E-state index contributed by atoms with van der Waals surface area (Å²) in [6, 6.07) is 17.5. The van der Waals surface area contributed by atoms with Crippen LogP contribution >= 0.6 is 0 Å². The molecule has 3 aromatic carbocycles. The number of amides is 1. The molecule has 0 atom stereocenters. The van der Waals surface area contributed by atoms with E-state index >= 15 is 0 Å². The SMILES string of the molecule is COc1cc(NC(=O)c2ccc(S(=O)(=O)N(C)c3ccccc3OC)cc2)cc(OC)c1. The number of nitrogens with one attached hydrogen (secondary N) is 1. The topological polar surface area (TPSA) is 94.2 Å². The first-order valence-electron chi connectivity index (χ1n) is 9.56. The fourth-order valence-electron chi connectivity index (χ4n) is 3.04. The van der Waals surface area contributed by atoms with E-state index < -0.39 is 15.9 Å². The molecule has 32 heavy (non-hydrogen) atoms. The summed E-state index contributed by atoms with van der Waals surface area (Å²) in [5.41, 5.74) is 1.19. The molecule has 9 heteroatoms. The molecular formula is C23H24N2O6S. The lowest BCUT2D eigenvalue weighted by Crippen LogP contribution is -2.27. The maximum absolute atomic E-state index is 13.1. The second-order valence-corrected chi connectivity index (χ2v) is 8.69. The quantitative estimate of drug-likeness (QED) is 0.554. The Bertz CT molecular complexity index is 1190. The van der Waals surface area contributed by atoms with Crippen LogP contribution in [-0.2, 0) is 10.0 Å². The van der Waals surface area contributed by atoms with Gasteiger partial charge in [0.15, 0.2) is 0 Å². The Morgan fingerprint density at radius 2 is 1.44 bits per heavy atom. The highest BCUT2D eigenvalue weighted by atomic mass is 32.2. The fraction of sp³-hybridized carbons (Fsp3) is 0.174. The summed E-state index contributed by atoms with van der Waals surface area (Å²) in [5, 5.41) is 2.75. The third kappa shape index (κ3) is 4.78. The van der Waals surface area contributed by atoms with Crippen LogP contribution in [0.25, 0.3) is 0 Å². The lowest BCUT2D eigenvalue weighted by atomic mass is 10.2. The number of hydrogen-bond acceptors (Lipinski definition) is 6. The number of benzene rings is 3. The van der Waals surface area contributed by atoms with E-state index in [1.165, 1.54) is 52.6 Å². The van der Waals surface area contributed by atoms with Gasteiger partial charge >= 0.3 is 0 Å². The van der Waals surface area contributed by atoms with Crippen LogP contribution in [0.5, 0.6) is 17.2 Å². The number of hydrogen-bond donors (Lipinski definition) is 1. The lowest BCUT2D eigenvalue weighted by molar-refractivity contribution is 0.102. The van der Waals surface area contributed by atoms with Crippen molar-refractivity contribution in [3.8, 4) is 17.2 Å². The van der Waals surface area contributed by atoms with Crippen molar-refractivity contribution >= 4 is 27.3 Å². The second-order valence-electron chi connectivity index (χ2n) is 6.72. The van der Waals surface area contributed by atoms with Gasteiger partial charge in [0.05, 0.1) is 31.9 Å². The molecule has 0 unspecified atom stereocenters. The third-order valence-corrected chi connectivity index (χ3v) is 6.59. The number of rotatable bonds is 8. The van der Waals surface area contributed by atoms with Crippen molar-refractivity contribution in [3.05, 3.63) is 72.3 Å². The molecule has 0 aliphatic carbocycles. The first kappa shape index (κ1) is 23.0. The fourth-order valence-corrected chi connectivity index (χ4v) is 4.24. The van der Waals surface area contributed by atoms with Gasteiger partial charge in [-0.15, -0.1) is 0 Å². The molecule has 168 valence electrons. The van der Waals surface area contributed by atoms with Gasteiger partial charge in [-0.1, -0.05) is 12.1 Å². The Hall–Kier alpha value is -3.72. The summed E-state index contributed by atoms with van der Waals surface area (Å²) in [5.74, 6) is 1.09. The summed E-state index contributed by atoms with van der Waals surface area (Å²) >= 11 is 0. The second kappa shape index (κ2) is 9.61. The number of ether oxygens (including phenoxy) is 3. The average molecular weight is 457 g/mol. The van der Waals surface area contributed by atoms with Crippen LogP contribution in [0.1, 0.15) is 10.4 Å². The van der Waals surface area contributed by atoms with Gasteiger partial charge in [-0.2, -0.15) is 0 Å². The summed E-state index contributed by atoms with van der Waals surface area (Å²) in [4.78, 5) is 12.7. The van der Waals surface area contributed by atoms with Crippen LogP contribution in [0, 0.1) is 0 Å². The highest BCUT2D eigenvalue weighted by molar-refractivity contribution is 7.92. The number of carbonyl (C=O) groups excluding carboxylic acids is 1. The van der Waals surface area contributed by atoms with Crippen LogP contribution in [-0.4, -0.2) is 42.7 Å². The number of sulfonamides is 1. The van der Waals surface area contributed by atoms with Crippen LogP contribution in [0.4, 0.5) is 11.4 Å². The largest absolute Gasteiger partial charge is 0.497 e. The summed E-state index contributed by atoms with van der Waals surface area (Å²) in [6.07, 6.45) is 0. The van der Waals surface area contributed by atoms with E-state index in [1.54, 1.807) is 42.5 Å². The molecule has 0 fully saturated rings. The zero-order valence-corrected chi connectivity index (χ0v) is 19.0. The zero-order valence-electron chi connectivity index (χ0n) is 18.2. The molecule has 0 aliphatic heterocycles. The molecule has 3 aromatic rings. The van der Waals surface area contributed by atoms with Gasteiger partial charge in [0.2, 0.25) is 0 Å². The number of carbonyl (C=O) groups is 1. The van der Waals surface area contributed by atoms with Gasteiger partial charge in [-0.3, -0.25) is 9.10 Å². The van der Waals surface area contributed by atoms with E-state index in [4.69, 9.17) is 14.2 Å². The first-order chi connectivity index (χ1) is 15.3. The molecule has 1 amide bonds. The number of para-hydroxylation sites is 2. The summed E-state index contributed by atoms with van der Waals surface area (Å²) in [7, 11) is 2.10. The molecule has 0 radical (unpaired) electrons. The van der Waals surface area contributed by atoms with Crippen molar-refractivity contribution in [2.45, 2.75) is 4.90 Å². The smallest absolute Gasteiger partial charge is 0.264 e. The van der Waals surface area contributed by atoms with Crippen LogP contribution < -0.4 is 23.8 Å². The van der Waals surface area contributed by atoms with Gasteiger partial charge in [0, 0.05) is 36.5 Å². The number of anilines is 2. The minimum atomic E-state index is -3.86. The van der Waals surface area contributed by atoms with Crippen molar-refractivity contribution in [2.24, 2.45) is 0 Å². The van der Waals surface area contributed by atoms with Gasteiger partial charge in [-0.05, 0) is 36.4 Å². The van der Waals surface area contributed by atoms with E-state index in [0.717, 1.165) is 4.31 Å². The van der Waals surface area contributed by atoms with Gasteiger partial charge in [0.25, 0.3) is 15.9 Å². The molecule has 0 bridgehead atoms. The third-order valence-electron chi connectivity index (χ3n) is 4.81. The van der Waals surface area contributed by atoms with E-state index in [-0.39, 0.29) is 4.90 Å². The van der Waals surface area contributed by atoms with Crippen molar-refractivity contribution in [3.63, 3.8) is 0 Å². The number of nitrogens with zero attached hydrogens (tertiary/aromatic N) is 1.